The number of carboxylic acid groups (broad SMARTS) is 1. The van der Waals surface area contributed by atoms with Crippen LogP contribution in [0.5, 0.6) is 0 Å². The number of hydrogen-bond donors (Lipinski definition) is 2. The quantitative estimate of drug-likeness (QED) is 0.865. The molecule has 5 nitrogen and oxygen atoms in total. The molecule has 2 N–H and O–H groups in total. The van der Waals surface area contributed by atoms with E-state index in [-0.39, 0.29) is 11.3 Å². The molecule has 0 fully saturated rings. The van der Waals surface area contributed by atoms with E-state index in [1.165, 1.54) is 6.07 Å². The zero-order chi connectivity index (χ0) is 14.8. The number of hydrogen-bond acceptors (Lipinski definition) is 3. The molecule has 0 heterocycles. The standard InChI is InChI=1S/C13H16BrNO4/c1-7-5-10(8(11(16)17)6-9(7)14)15-12(18)19-13(2,3)4/h5-6H,1-4H3,(H,15,18)(H,16,17). The number of aryl methyl sites for hydroxylation is 1. The predicted molar refractivity (Wildman–Crippen MR) is 75.7 cm³/mol. The molecule has 1 aromatic rings. The van der Waals surface area contributed by atoms with Crippen LogP contribution in [0.4, 0.5) is 10.5 Å². The average Bonchev–Trinajstić information content (AvgIpc) is 2.19. The Morgan fingerprint density at radius 1 is 1.32 bits per heavy atom. The number of ether oxygens (including phenoxy) is 1. The molecule has 0 saturated heterocycles. The molecule has 0 bridgehead atoms. The smallest absolute Gasteiger partial charge is 0.412 e. The van der Waals surface area contributed by atoms with Crippen molar-refractivity contribution in [3.63, 3.8) is 0 Å². The van der Waals surface area contributed by atoms with Crippen molar-refractivity contribution in [2.75, 3.05) is 5.32 Å². The van der Waals surface area contributed by atoms with Gasteiger partial charge in [0.05, 0.1) is 11.3 Å². The minimum atomic E-state index is -1.12. The minimum Gasteiger partial charge on any atom is -0.478 e. The number of halogens is 1. The zero-order valence-corrected chi connectivity index (χ0v) is 12.8. The molecule has 0 aliphatic heterocycles. The molecule has 6 heteroatoms. The van der Waals surface area contributed by atoms with Crippen molar-refractivity contribution in [1.82, 2.24) is 0 Å². The highest BCUT2D eigenvalue weighted by Gasteiger charge is 2.19. The van der Waals surface area contributed by atoms with Crippen LogP contribution in [-0.4, -0.2) is 22.8 Å². The number of carbonyl (C=O) groups excluding carboxylic acids is 1. The summed E-state index contributed by atoms with van der Waals surface area (Å²) in [6.45, 7) is 7.00. The SMILES string of the molecule is Cc1cc(NC(=O)OC(C)(C)C)c(C(=O)O)cc1Br. The summed E-state index contributed by atoms with van der Waals surface area (Å²) in [7, 11) is 0. The number of amides is 1. The molecular weight excluding hydrogens is 314 g/mol. The summed E-state index contributed by atoms with van der Waals surface area (Å²) in [5.41, 5.74) is 0.388. The molecule has 0 atom stereocenters. The van der Waals surface area contributed by atoms with Gasteiger partial charge in [0.1, 0.15) is 5.60 Å². The second-order valence-electron chi connectivity index (χ2n) is 5.08. The maximum Gasteiger partial charge on any atom is 0.412 e. The lowest BCUT2D eigenvalue weighted by molar-refractivity contribution is 0.0636. The monoisotopic (exact) mass is 329 g/mol. The summed E-state index contributed by atoms with van der Waals surface area (Å²) in [5.74, 6) is -1.12. The molecule has 0 aliphatic carbocycles. The first-order valence-electron chi connectivity index (χ1n) is 5.63. The van der Waals surface area contributed by atoms with Crippen LogP contribution in [0.3, 0.4) is 0 Å². The van der Waals surface area contributed by atoms with E-state index in [1.807, 2.05) is 0 Å². The molecular formula is C13H16BrNO4. The van der Waals surface area contributed by atoms with Gasteiger partial charge >= 0.3 is 12.1 Å². The van der Waals surface area contributed by atoms with Crippen molar-refractivity contribution >= 4 is 33.7 Å². The topological polar surface area (TPSA) is 75.6 Å². The van der Waals surface area contributed by atoms with E-state index in [4.69, 9.17) is 9.84 Å². The van der Waals surface area contributed by atoms with E-state index in [1.54, 1.807) is 33.8 Å². The Balaban J connectivity index is 3.03. The number of carboxylic acids is 1. The third-order valence-electron chi connectivity index (χ3n) is 2.16. The van der Waals surface area contributed by atoms with Gasteiger partial charge in [-0.3, -0.25) is 5.32 Å². The summed E-state index contributed by atoms with van der Waals surface area (Å²) < 4.78 is 5.76. The van der Waals surface area contributed by atoms with Crippen molar-refractivity contribution in [2.45, 2.75) is 33.3 Å². The van der Waals surface area contributed by atoms with E-state index in [0.717, 1.165) is 5.56 Å². The van der Waals surface area contributed by atoms with Crippen LogP contribution >= 0.6 is 15.9 Å². The van der Waals surface area contributed by atoms with Gasteiger partial charge < -0.3 is 9.84 Å². The third-order valence-corrected chi connectivity index (χ3v) is 3.02. The normalized spacial score (nSPS) is 11.0. The largest absolute Gasteiger partial charge is 0.478 e. The lowest BCUT2D eigenvalue weighted by Crippen LogP contribution is -2.27. The summed E-state index contributed by atoms with van der Waals surface area (Å²) in [6, 6.07) is 3.03. The van der Waals surface area contributed by atoms with Gasteiger partial charge in [0.2, 0.25) is 0 Å². The van der Waals surface area contributed by atoms with Gasteiger partial charge in [-0.2, -0.15) is 0 Å². The van der Waals surface area contributed by atoms with Crippen molar-refractivity contribution in [3.8, 4) is 0 Å². The summed E-state index contributed by atoms with van der Waals surface area (Å²) in [5, 5.41) is 11.6. The maximum absolute atomic E-state index is 11.7. The predicted octanol–water partition coefficient (Wildman–Crippen LogP) is 3.80. The molecule has 104 valence electrons. The Morgan fingerprint density at radius 2 is 1.89 bits per heavy atom. The Labute approximate surface area is 120 Å². The van der Waals surface area contributed by atoms with E-state index in [2.05, 4.69) is 21.2 Å². The molecule has 1 aromatic carbocycles. The van der Waals surface area contributed by atoms with Crippen LogP contribution < -0.4 is 5.32 Å². The van der Waals surface area contributed by atoms with Crippen molar-refractivity contribution in [3.05, 3.63) is 27.7 Å². The second-order valence-corrected chi connectivity index (χ2v) is 5.93. The molecule has 0 radical (unpaired) electrons. The summed E-state index contributed by atoms with van der Waals surface area (Å²) in [6.07, 6.45) is -0.684. The lowest BCUT2D eigenvalue weighted by atomic mass is 10.1. The Kier molecular flexibility index (Phi) is 4.57. The average molecular weight is 330 g/mol. The van der Waals surface area contributed by atoms with Crippen LogP contribution in [0.25, 0.3) is 0 Å². The molecule has 0 saturated carbocycles. The first kappa shape index (κ1) is 15.5. The number of carbonyl (C=O) groups is 2. The van der Waals surface area contributed by atoms with Crippen LogP contribution in [0, 0.1) is 6.92 Å². The first-order chi connectivity index (χ1) is 8.60. The van der Waals surface area contributed by atoms with Crippen LogP contribution in [0.15, 0.2) is 16.6 Å². The Hall–Kier alpha value is -1.56. The first-order valence-corrected chi connectivity index (χ1v) is 6.43. The van der Waals surface area contributed by atoms with Crippen molar-refractivity contribution < 1.29 is 19.4 Å². The van der Waals surface area contributed by atoms with Crippen LogP contribution in [0.1, 0.15) is 36.7 Å². The van der Waals surface area contributed by atoms with Gasteiger partial charge in [-0.1, -0.05) is 15.9 Å². The Bertz CT molecular complexity index is 520. The highest BCUT2D eigenvalue weighted by Crippen LogP contribution is 2.25. The lowest BCUT2D eigenvalue weighted by Gasteiger charge is -2.20. The summed E-state index contributed by atoms with van der Waals surface area (Å²) in [4.78, 5) is 22.8. The highest BCUT2D eigenvalue weighted by atomic mass is 79.9. The van der Waals surface area contributed by atoms with Gasteiger partial charge in [0, 0.05) is 4.47 Å². The van der Waals surface area contributed by atoms with E-state index >= 15 is 0 Å². The minimum absolute atomic E-state index is 0.00309. The second kappa shape index (κ2) is 5.61. The van der Waals surface area contributed by atoms with Crippen molar-refractivity contribution in [1.29, 1.82) is 0 Å². The molecule has 0 spiro atoms. The van der Waals surface area contributed by atoms with Crippen molar-refractivity contribution in [2.24, 2.45) is 0 Å². The number of anilines is 1. The molecule has 1 amide bonds. The van der Waals surface area contributed by atoms with Gasteiger partial charge in [-0.15, -0.1) is 0 Å². The number of rotatable bonds is 2. The van der Waals surface area contributed by atoms with E-state index in [9.17, 15) is 9.59 Å². The molecule has 19 heavy (non-hydrogen) atoms. The fraction of sp³-hybridized carbons (Fsp3) is 0.385. The highest BCUT2D eigenvalue weighted by molar-refractivity contribution is 9.10. The fourth-order valence-corrected chi connectivity index (χ4v) is 1.72. The van der Waals surface area contributed by atoms with Crippen LogP contribution in [-0.2, 0) is 4.74 Å². The van der Waals surface area contributed by atoms with Crippen LogP contribution in [0.2, 0.25) is 0 Å². The third kappa shape index (κ3) is 4.55. The molecule has 1 rings (SSSR count). The van der Waals surface area contributed by atoms with Gasteiger partial charge in [-0.05, 0) is 45.4 Å². The maximum atomic E-state index is 11.7. The molecule has 0 aliphatic rings. The number of aromatic carboxylic acids is 1. The van der Waals surface area contributed by atoms with Gasteiger partial charge in [-0.25, -0.2) is 9.59 Å². The molecule has 0 unspecified atom stereocenters. The van der Waals surface area contributed by atoms with E-state index < -0.39 is 17.7 Å². The molecule has 0 aromatic heterocycles. The van der Waals surface area contributed by atoms with E-state index in [0.29, 0.717) is 4.47 Å². The Morgan fingerprint density at radius 3 is 2.37 bits per heavy atom. The van der Waals surface area contributed by atoms with Gasteiger partial charge in [0.15, 0.2) is 0 Å². The fourth-order valence-electron chi connectivity index (χ4n) is 1.38. The van der Waals surface area contributed by atoms with Gasteiger partial charge in [0.25, 0.3) is 0 Å². The zero-order valence-electron chi connectivity index (χ0n) is 11.2. The number of nitrogens with one attached hydrogen (secondary N) is 1. The number of benzene rings is 1. The summed E-state index contributed by atoms with van der Waals surface area (Å²) >= 11 is 3.26.